The molecule has 0 saturated carbocycles. The van der Waals surface area contributed by atoms with E-state index in [1.807, 2.05) is 12.1 Å². The molecule has 0 aliphatic heterocycles. The normalized spacial score (nSPS) is 10.6. The van der Waals surface area contributed by atoms with E-state index in [0.29, 0.717) is 22.6 Å². The Bertz CT molecular complexity index is 1120. The molecule has 0 saturated heterocycles. The molecular formula is C22H18BrN3O5. The molecule has 1 N–H and O–H groups in total. The molecule has 0 radical (unpaired) electrons. The first kappa shape index (κ1) is 22.0. The molecule has 8 nitrogen and oxygen atoms in total. The Balaban J connectivity index is 1.66. The predicted octanol–water partition coefficient (Wildman–Crippen LogP) is 4.71. The van der Waals surface area contributed by atoms with Crippen molar-refractivity contribution in [2.45, 2.75) is 6.61 Å². The van der Waals surface area contributed by atoms with E-state index in [-0.39, 0.29) is 12.3 Å². The number of nitrogens with zero attached hydrogens (tertiary/aromatic N) is 2. The lowest BCUT2D eigenvalue weighted by atomic mass is 10.2. The number of carbonyl (C=O) groups excluding carboxylic acids is 1. The van der Waals surface area contributed by atoms with Crippen LogP contribution in [-0.2, 0) is 6.61 Å². The minimum atomic E-state index is -0.450. The molecule has 0 aliphatic rings. The second-order valence-electron chi connectivity index (χ2n) is 6.29. The highest BCUT2D eigenvalue weighted by Gasteiger charge is 2.12. The number of benzene rings is 3. The maximum atomic E-state index is 12.4. The first-order valence-electron chi connectivity index (χ1n) is 9.10. The average Bonchev–Trinajstić information content (AvgIpc) is 2.78. The van der Waals surface area contributed by atoms with Crippen molar-refractivity contribution in [2.75, 3.05) is 7.11 Å². The van der Waals surface area contributed by atoms with Gasteiger partial charge < -0.3 is 9.47 Å². The third-order valence-corrected chi connectivity index (χ3v) is 4.73. The van der Waals surface area contributed by atoms with Gasteiger partial charge in [-0.15, -0.1) is 0 Å². The van der Waals surface area contributed by atoms with Gasteiger partial charge in [0.1, 0.15) is 18.1 Å². The van der Waals surface area contributed by atoms with Crippen molar-refractivity contribution < 1.29 is 19.2 Å². The van der Waals surface area contributed by atoms with Crippen molar-refractivity contribution in [3.8, 4) is 11.5 Å². The lowest BCUT2D eigenvalue weighted by Crippen LogP contribution is -2.18. The van der Waals surface area contributed by atoms with Crippen LogP contribution in [0.4, 0.5) is 5.69 Å². The molecule has 0 atom stereocenters. The van der Waals surface area contributed by atoms with Crippen molar-refractivity contribution in [3.05, 3.63) is 98.0 Å². The number of hydrogen-bond acceptors (Lipinski definition) is 6. The summed E-state index contributed by atoms with van der Waals surface area (Å²) in [5, 5.41) is 14.8. The summed E-state index contributed by atoms with van der Waals surface area (Å²) in [6.45, 7) is 0.227. The van der Waals surface area contributed by atoms with Crippen LogP contribution in [0.25, 0.3) is 0 Å². The first-order valence-corrected chi connectivity index (χ1v) is 9.89. The number of halogens is 1. The average molecular weight is 484 g/mol. The Morgan fingerprint density at radius 1 is 1.13 bits per heavy atom. The molecule has 3 aromatic carbocycles. The van der Waals surface area contributed by atoms with Gasteiger partial charge in [0.25, 0.3) is 11.6 Å². The number of non-ortho nitro benzene ring substituents is 1. The highest BCUT2D eigenvalue weighted by molar-refractivity contribution is 9.10. The summed E-state index contributed by atoms with van der Waals surface area (Å²) in [7, 11) is 1.49. The van der Waals surface area contributed by atoms with E-state index in [0.717, 1.165) is 10.0 Å². The SMILES string of the molecule is COc1ccc(Br)cc1C(=O)N/N=C\c1ccccc1OCc1ccc([N+](=O)[O-])cc1. The zero-order valence-electron chi connectivity index (χ0n) is 16.4. The lowest BCUT2D eigenvalue weighted by Gasteiger charge is -2.09. The molecule has 31 heavy (non-hydrogen) atoms. The summed E-state index contributed by atoms with van der Waals surface area (Å²) in [6, 6.07) is 18.4. The quantitative estimate of drug-likeness (QED) is 0.284. The molecule has 0 heterocycles. The fourth-order valence-corrected chi connectivity index (χ4v) is 3.03. The summed E-state index contributed by atoms with van der Waals surface area (Å²) >= 11 is 3.33. The number of amides is 1. The van der Waals surface area contributed by atoms with Crippen molar-refractivity contribution >= 4 is 33.7 Å². The van der Waals surface area contributed by atoms with Crippen LogP contribution < -0.4 is 14.9 Å². The Morgan fingerprint density at radius 3 is 2.58 bits per heavy atom. The second-order valence-corrected chi connectivity index (χ2v) is 7.21. The van der Waals surface area contributed by atoms with E-state index in [2.05, 4.69) is 26.5 Å². The molecular weight excluding hydrogens is 466 g/mol. The van der Waals surface area contributed by atoms with Crippen LogP contribution in [0.15, 0.2) is 76.3 Å². The number of methoxy groups -OCH3 is 1. The Hall–Kier alpha value is -3.72. The maximum Gasteiger partial charge on any atom is 0.275 e. The molecule has 0 unspecified atom stereocenters. The number of hydrogen-bond donors (Lipinski definition) is 1. The predicted molar refractivity (Wildman–Crippen MR) is 120 cm³/mol. The summed E-state index contributed by atoms with van der Waals surface area (Å²) < 4.78 is 11.8. The molecule has 158 valence electrons. The van der Waals surface area contributed by atoms with E-state index in [1.54, 1.807) is 42.5 Å². The van der Waals surface area contributed by atoms with Gasteiger partial charge in [0.2, 0.25) is 0 Å². The van der Waals surface area contributed by atoms with Gasteiger partial charge in [-0.3, -0.25) is 14.9 Å². The topological polar surface area (TPSA) is 103 Å². The molecule has 3 rings (SSSR count). The van der Waals surface area contributed by atoms with Gasteiger partial charge in [0.15, 0.2) is 0 Å². The molecule has 1 amide bonds. The summed E-state index contributed by atoms with van der Waals surface area (Å²) in [6.07, 6.45) is 1.48. The van der Waals surface area contributed by atoms with Crippen molar-refractivity contribution in [1.29, 1.82) is 0 Å². The van der Waals surface area contributed by atoms with Crippen molar-refractivity contribution in [3.63, 3.8) is 0 Å². The first-order chi connectivity index (χ1) is 15.0. The van der Waals surface area contributed by atoms with Crippen molar-refractivity contribution in [2.24, 2.45) is 5.10 Å². The zero-order chi connectivity index (χ0) is 22.2. The molecule has 0 bridgehead atoms. The van der Waals surface area contributed by atoms with Gasteiger partial charge in [-0.1, -0.05) is 28.1 Å². The number of nitrogens with one attached hydrogen (secondary N) is 1. The van der Waals surface area contributed by atoms with Gasteiger partial charge in [-0.05, 0) is 48.0 Å². The van der Waals surface area contributed by atoms with Gasteiger partial charge in [0, 0.05) is 22.2 Å². The number of nitro benzene ring substituents is 1. The zero-order valence-corrected chi connectivity index (χ0v) is 18.0. The fourth-order valence-electron chi connectivity index (χ4n) is 2.67. The molecule has 3 aromatic rings. The van der Waals surface area contributed by atoms with Gasteiger partial charge in [0.05, 0.1) is 23.8 Å². The third kappa shape index (κ3) is 5.89. The van der Waals surface area contributed by atoms with Crippen LogP contribution in [0, 0.1) is 10.1 Å². The van der Waals surface area contributed by atoms with Crippen LogP contribution in [0.3, 0.4) is 0 Å². The van der Waals surface area contributed by atoms with Crippen LogP contribution in [0.1, 0.15) is 21.5 Å². The minimum Gasteiger partial charge on any atom is -0.496 e. The molecule has 9 heteroatoms. The number of carbonyl (C=O) groups is 1. The molecule has 0 spiro atoms. The number of para-hydroxylation sites is 1. The van der Waals surface area contributed by atoms with E-state index in [1.165, 1.54) is 25.5 Å². The highest BCUT2D eigenvalue weighted by atomic mass is 79.9. The fraction of sp³-hybridized carbons (Fsp3) is 0.0909. The van der Waals surface area contributed by atoms with Gasteiger partial charge in [-0.2, -0.15) is 5.10 Å². The second kappa shape index (κ2) is 10.4. The van der Waals surface area contributed by atoms with E-state index in [9.17, 15) is 14.9 Å². The summed E-state index contributed by atoms with van der Waals surface area (Å²) in [5.74, 6) is 0.570. The Labute approximate surface area is 186 Å². The number of nitro groups is 1. The summed E-state index contributed by atoms with van der Waals surface area (Å²) in [4.78, 5) is 22.7. The lowest BCUT2D eigenvalue weighted by molar-refractivity contribution is -0.384. The Kier molecular flexibility index (Phi) is 7.34. The number of hydrazone groups is 1. The largest absolute Gasteiger partial charge is 0.496 e. The molecule has 0 aliphatic carbocycles. The van der Waals surface area contributed by atoms with Crippen molar-refractivity contribution in [1.82, 2.24) is 5.43 Å². The van der Waals surface area contributed by atoms with E-state index >= 15 is 0 Å². The van der Waals surface area contributed by atoms with Crippen LogP contribution >= 0.6 is 15.9 Å². The smallest absolute Gasteiger partial charge is 0.275 e. The van der Waals surface area contributed by atoms with Crippen LogP contribution in [-0.4, -0.2) is 24.2 Å². The summed E-state index contributed by atoms with van der Waals surface area (Å²) in [5.41, 5.74) is 4.29. The van der Waals surface area contributed by atoms with Gasteiger partial charge in [-0.25, -0.2) is 5.43 Å². The molecule has 0 aromatic heterocycles. The maximum absolute atomic E-state index is 12.4. The minimum absolute atomic E-state index is 0.0223. The van der Waals surface area contributed by atoms with Crippen LogP contribution in [0.2, 0.25) is 0 Å². The standard InChI is InChI=1S/C22H18BrN3O5/c1-30-21-11-8-17(23)12-19(21)22(27)25-24-13-16-4-2-3-5-20(16)31-14-15-6-9-18(10-7-15)26(28)29/h2-13H,14H2,1H3,(H,25,27)/b24-13-. The van der Waals surface area contributed by atoms with Gasteiger partial charge >= 0.3 is 0 Å². The monoisotopic (exact) mass is 483 g/mol. The van der Waals surface area contributed by atoms with E-state index in [4.69, 9.17) is 9.47 Å². The Morgan fingerprint density at radius 2 is 1.87 bits per heavy atom. The number of rotatable bonds is 8. The third-order valence-electron chi connectivity index (χ3n) is 4.24. The van der Waals surface area contributed by atoms with Crippen LogP contribution in [0.5, 0.6) is 11.5 Å². The highest BCUT2D eigenvalue weighted by Crippen LogP contribution is 2.23. The number of ether oxygens (including phenoxy) is 2. The molecule has 0 fully saturated rings. The van der Waals surface area contributed by atoms with E-state index < -0.39 is 10.8 Å².